The number of aromatic nitrogens is 1. The Kier molecular flexibility index (Phi) is 2.60. The maximum atomic E-state index is 4.83. The Hall–Kier alpha value is -1.71. The summed E-state index contributed by atoms with van der Waals surface area (Å²) in [6.45, 7) is 2.14. The van der Waals surface area contributed by atoms with E-state index >= 15 is 0 Å². The molecule has 0 spiro atoms. The zero-order chi connectivity index (χ0) is 12.7. The van der Waals surface area contributed by atoms with Crippen LogP contribution in [0.1, 0.15) is 10.9 Å². The summed E-state index contributed by atoms with van der Waals surface area (Å²) in [6, 6.07) is 14.9. The molecule has 1 aliphatic rings. The molecule has 2 nitrogen and oxygen atoms in total. The fourth-order valence-electron chi connectivity index (χ4n) is 2.51. The van der Waals surface area contributed by atoms with Crippen molar-refractivity contribution >= 4 is 22.1 Å². The minimum Gasteiger partial charge on any atom is -0.315 e. The fraction of sp³-hybridized carbons (Fsp3) is 0.188. The van der Waals surface area contributed by atoms with Gasteiger partial charge in [0.1, 0.15) is 0 Å². The third-order valence-corrected chi connectivity index (χ3v) is 4.73. The van der Waals surface area contributed by atoms with Gasteiger partial charge in [0.2, 0.25) is 0 Å². The van der Waals surface area contributed by atoms with Crippen LogP contribution in [0.15, 0.2) is 47.8 Å². The van der Waals surface area contributed by atoms with E-state index in [0.717, 1.165) is 18.8 Å². The first-order chi connectivity index (χ1) is 9.42. The minimum atomic E-state index is 0.619. The molecule has 1 N–H and O–H groups in total. The predicted octanol–water partition coefficient (Wildman–Crippen LogP) is 3.65. The molecule has 4 rings (SSSR count). The molecule has 3 aromatic rings. The Morgan fingerprint density at radius 3 is 2.74 bits per heavy atom. The first-order valence-corrected chi connectivity index (χ1v) is 7.44. The molecule has 0 radical (unpaired) electrons. The smallest absolute Gasteiger partial charge is 0.0989 e. The van der Waals surface area contributed by atoms with Gasteiger partial charge in [-0.1, -0.05) is 42.5 Å². The summed E-state index contributed by atoms with van der Waals surface area (Å²) in [5.41, 5.74) is 2.36. The quantitative estimate of drug-likeness (QED) is 0.766. The standard InChI is InChI=1S/C16H14N2S/c1-2-6-13-11(4-1)5-3-7-14(13)15-10-19-16(18-15)12-8-17-9-12/h1-7,10,12,17H,8-9H2. The van der Waals surface area contributed by atoms with Crippen LogP contribution >= 0.6 is 11.3 Å². The first kappa shape index (κ1) is 11.1. The lowest BCUT2D eigenvalue weighted by atomic mass is 10.0. The van der Waals surface area contributed by atoms with E-state index in [1.54, 1.807) is 11.3 Å². The lowest BCUT2D eigenvalue weighted by molar-refractivity contribution is 0.447. The lowest BCUT2D eigenvalue weighted by Crippen LogP contribution is -2.39. The Labute approximate surface area is 116 Å². The van der Waals surface area contributed by atoms with Gasteiger partial charge < -0.3 is 5.32 Å². The number of hydrogen-bond acceptors (Lipinski definition) is 3. The highest BCUT2D eigenvalue weighted by Gasteiger charge is 2.22. The van der Waals surface area contributed by atoms with E-state index in [4.69, 9.17) is 4.98 Å². The Bertz CT molecular complexity index is 723. The van der Waals surface area contributed by atoms with Crippen molar-refractivity contribution in [3.05, 3.63) is 52.9 Å². The highest BCUT2D eigenvalue weighted by Crippen LogP contribution is 2.32. The average molecular weight is 266 g/mol. The van der Waals surface area contributed by atoms with Gasteiger partial charge in [-0.25, -0.2) is 4.98 Å². The van der Waals surface area contributed by atoms with Crippen LogP contribution in [0, 0.1) is 0 Å². The summed E-state index contributed by atoms with van der Waals surface area (Å²) >= 11 is 1.79. The van der Waals surface area contributed by atoms with E-state index in [2.05, 4.69) is 53.2 Å². The summed E-state index contributed by atoms with van der Waals surface area (Å²) in [6.07, 6.45) is 0. The number of nitrogens with zero attached hydrogens (tertiary/aromatic N) is 1. The number of thiazole rings is 1. The Morgan fingerprint density at radius 1 is 1.05 bits per heavy atom. The van der Waals surface area contributed by atoms with Gasteiger partial charge in [-0.15, -0.1) is 11.3 Å². The van der Waals surface area contributed by atoms with Gasteiger partial charge in [0.25, 0.3) is 0 Å². The van der Waals surface area contributed by atoms with Crippen molar-refractivity contribution in [2.45, 2.75) is 5.92 Å². The molecule has 1 aromatic heterocycles. The monoisotopic (exact) mass is 266 g/mol. The summed E-state index contributed by atoms with van der Waals surface area (Å²) in [5.74, 6) is 0.619. The number of benzene rings is 2. The van der Waals surface area contributed by atoms with Crippen molar-refractivity contribution in [2.75, 3.05) is 13.1 Å². The van der Waals surface area contributed by atoms with Crippen LogP contribution in [-0.4, -0.2) is 18.1 Å². The Balaban J connectivity index is 1.83. The second-order valence-corrected chi connectivity index (χ2v) is 5.84. The SMILES string of the molecule is c1ccc2c(-c3csc(C4CNC4)n3)cccc2c1. The highest BCUT2D eigenvalue weighted by atomic mass is 32.1. The summed E-state index contributed by atoms with van der Waals surface area (Å²) < 4.78 is 0. The molecular formula is C16H14N2S. The summed E-state index contributed by atoms with van der Waals surface area (Å²) in [5, 5.41) is 9.32. The molecule has 0 amide bonds. The van der Waals surface area contributed by atoms with Crippen molar-refractivity contribution in [1.82, 2.24) is 10.3 Å². The molecule has 19 heavy (non-hydrogen) atoms. The number of fused-ring (bicyclic) bond motifs is 1. The lowest BCUT2D eigenvalue weighted by Gasteiger charge is -2.24. The second-order valence-electron chi connectivity index (χ2n) is 4.95. The molecule has 0 saturated carbocycles. The van der Waals surface area contributed by atoms with E-state index < -0.39 is 0 Å². The zero-order valence-corrected chi connectivity index (χ0v) is 11.3. The summed E-state index contributed by atoms with van der Waals surface area (Å²) in [4.78, 5) is 4.83. The molecular weight excluding hydrogens is 252 g/mol. The van der Waals surface area contributed by atoms with Crippen LogP contribution in [0.5, 0.6) is 0 Å². The normalized spacial score (nSPS) is 15.6. The van der Waals surface area contributed by atoms with Crippen LogP contribution in [0.25, 0.3) is 22.0 Å². The van der Waals surface area contributed by atoms with Gasteiger partial charge in [0.15, 0.2) is 0 Å². The number of nitrogens with one attached hydrogen (secondary N) is 1. The predicted molar refractivity (Wildman–Crippen MR) is 80.7 cm³/mol. The fourth-order valence-corrected chi connectivity index (χ4v) is 3.43. The maximum absolute atomic E-state index is 4.83. The zero-order valence-electron chi connectivity index (χ0n) is 10.5. The third-order valence-electron chi connectivity index (χ3n) is 3.72. The third kappa shape index (κ3) is 1.86. The van der Waals surface area contributed by atoms with Crippen molar-refractivity contribution < 1.29 is 0 Å². The van der Waals surface area contributed by atoms with Crippen LogP contribution in [0.2, 0.25) is 0 Å². The van der Waals surface area contributed by atoms with E-state index in [-0.39, 0.29) is 0 Å². The minimum absolute atomic E-state index is 0.619. The highest BCUT2D eigenvalue weighted by molar-refractivity contribution is 7.10. The van der Waals surface area contributed by atoms with Crippen LogP contribution in [0.4, 0.5) is 0 Å². The van der Waals surface area contributed by atoms with E-state index in [9.17, 15) is 0 Å². The largest absolute Gasteiger partial charge is 0.315 e. The van der Waals surface area contributed by atoms with Crippen LogP contribution in [-0.2, 0) is 0 Å². The molecule has 0 atom stereocenters. The number of rotatable bonds is 2. The first-order valence-electron chi connectivity index (χ1n) is 6.56. The van der Waals surface area contributed by atoms with E-state index in [1.807, 2.05) is 0 Å². The second kappa shape index (κ2) is 4.44. The molecule has 1 aliphatic heterocycles. The van der Waals surface area contributed by atoms with Gasteiger partial charge in [0, 0.05) is 30.0 Å². The molecule has 3 heteroatoms. The Morgan fingerprint density at radius 2 is 1.89 bits per heavy atom. The van der Waals surface area contributed by atoms with Crippen molar-refractivity contribution in [2.24, 2.45) is 0 Å². The van der Waals surface area contributed by atoms with Crippen molar-refractivity contribution in [3.8, 4) is 11.3 Å². The van der Waals surface area contributed by atoms with E-state index in [1.165, 1.54) is 21.3 Å². The van der Waals surface area contributed by atoms with Crippen LogP contribution in [0.3, 0.4) is 0 Å². The number of hydrogen-bond donors (Lipinski definition) is 1. The molecule has 94 valence electrons. The van der Waals surface area contributed by atoms with Gasteiger partial charge in [0.05, 0.1) is 10.7 Å². The molecule has 0 bridgehead atoms. The molecule has 2 aromatic carbocycles. The summed E-state index contributed by atoms with van der Waals surface area (Å²) in [7, 11) is 0. The van der Waals surface area contributed by atoms with Gasteiger partial charge in [-0.2, -0.15) is 0 Å². The van der Waals surface area contributed by atoms with E-state index in [0.29, 0.717) is 5.92 Å². The molecule has 2 heterocycles. The molecule has 0 aliphatic carbocycles. The van der Waals surface area contributed by atoms with Crippen molar-refractivity contribution in [3.63, 3.8) is 0 Å². The maximum Gasteiger partial charge on any atom is 0.0989 e. The molecule has 1 fully saturated rings. The topological polar surface area (TPSA) is 24.9 Å². The van der Waals surface area contributed by atoms with Gasteiger partial charge in [-0.3, -0.25) is 0 Å². The van der Waals surface area contributed by atoms with Crippen LogP contribution < -0.4 is 5.32 Å². The molecule has 0 unspecified atom stereocenters. The van der Waals surface area contributed by atoms with Crippen molar-refractivity contribution in [1.29, 1.82) is 0 Å². The van der Waals surface area contributed by atoms with Gasteiger partial charge >= 0.3 is 0 Å². The van der Waals surface area contributed by atoms with Gasteiger partial charge in [-0.05, 0) is 10.8 Å². The molecule has 1 saturated heterocycles. The average Bonchev–Trinajstić information content (AvgIpc) is 2.85.